The van der Waals surface area contributed by atoms with Crippen molar-refractivity contribution in [2.45, 2.75) is 26.8 Å². The van der Waals surface area contributed by atoms with E-state index >= 15 is 0 Å². The third-order valence-corrected chi connectivity index (χ3v) is 3.21. The molecular formula is C14H16FNO2. The molecule has 4 heteroatoms. The quantitative estimate of drug-likeness (QED) is 0.904. The molecule has 0 fully saturated rings. The lowest BCUT2D eigenvalue weighted by Gasteiger charge is -2.04. The maximum atomic E-state index is 13.3. The van der Waals surface area contributed by atoms with Gasteiger partial charge in [-0.3, -0.25) is 4.79 Å². The van der Waals surface area contributed by atoms with Crippen LogP contribution in [0.1, 0.15) is 19.4 Å². The fraction of sp³-hybridized carbons (Fsp3) is 0.357. The summed E-state index contributed by atoms with van der Waals surface area (Å²) < 4.78 is 15.3. The van der Waals surface area contributed by atoms with Crippen molar-refractivity contribution in [3.8, 4) is 0 Å². The summed E-state index contributed by atoms with van der Waals surface area (Å²) in [7, 11) is 0. The van der Waals surface area contributed by atoms with Crippen LogP contribution in [0.25, 0.3) is 10.9 Å². The number of carboxylic acid groups (broad SMARTS) is 1. The van der Waals surface area contributed by atoms with E-state index in [-0.39, 0.29) is 5.82 Å². The molecule has 2 rings (SSSR count). The van der Waals surface area contributed by atoms with Gasteiger partial charge in [0.15, 0.2) is 0 Å². The zero-order chi connectivity index (χ0) is 13.3. The van der Waals surface area contributed by atoms with Crippen molar-refractivity contribution >= 4 is 16.9 Å². The second kappa shape index (κ2) is 4.80. The van der Waals surface area contributed by atoms with E-state index in [1.54, 1.807) is 13.0 Å². The minimum absolute atomic E-state index is 0.291. The van der Waals surface area contributed by atoms with E-state index in [2.05, 4.69) is 0 Å². The fourth-order valence-corrected chi connectivity index (χ4v) is 2.18. The zero-order valence-electron chi connectivity index (χ0n) is 10.5. The molecule has 2 aromatic rings. The number of benzene rings is 1. The van der Waals surface area contributed by atoms with Gasteiger partial charge in [-0.05, 0) is 37.1 Å². The maximum Gasteiger partial charge on any atom is 0.306 e. The number of halogens is 1. The number of hydrogen-bond acceptors (Lipinski definition) is 1. The molecule has 1 atom stereocenters. The van der Waals surface area contributed by atoms with Crippen LogP contribution in [0, 0.1) is 11.7 Å². The van der Waals surface area contributed by atoms with Gasteiger partial charge < -0.3 is 9.67 Å². The Labute approximate surface area is 105 Å². The largest absolute Gasteiger partial charge is 0.481 e. The molecule has 1 unspecified atom stereocenters. The van der Waals surface area contributed by atoms with Crippen LogP contribution in [0.3, 0.4) is 0 Å². The normalized spacial score (nSPS) is 12.8. The number of carboxylic acids is 1. The Bertz CT molecular complexity index is 589. The van der Waals surface area contributed by atoms with E-state index in [9.17, 15) is 9.18 Å². The lowest BCUT2D eigenvalue weighted by molar-refractivity contribution is -0.141. The van der Waals surface area contributed by atoms with Gasteiger partial charge in [0.25, 0.3) is 0 Å². The van der Waals surface area contributed by atoms with Crippen LogP contribution in [-0.4, -0.2) is 15.6 Å². The third kappa shape index (κ3) is 2.23. The summed E-state index contributed by atoms with van der Waals surface area (Å²) in [6.07, 6.45) is 2.34. The maximum absolute atomic E-state index is 13.3. The molecule has 1 aromatic heterocycles. The zero-order valence-corrected chi connectivity index (χ0v) is 10.5. The van der Waals surface area contributed by atoms with Gasteiger partial charge in [0.2, 0.25) is 0 Å². The highest BCUT2D eigenvalue weighted by Crippen LogP contribution is 2.25. The van der Waals surface area contributed by atoms with Crippen molar-refractivity contribution in [1.82, 2.24) is 4.57 Å². The first kappa shape index (κ1) is 12.6. The lowest BCUT2D eigenvalue weighted by Crippen LogP contribution is -2.12. The average molecular weight is 249 g/mol. The number of hydrogen-bond donors (Lipinski definition) is 1. The van der Waals surface area contributed by atoms with Crippen LogP contribution in [0.15, 0.2) is 24.4 Å². The number of nitrogens with zero attached hydrogens (tertiary/aromatic N) is 1. The van der Waals surface area contributed by atoms with E-state index < -0.39 is 11.9 Å². The fourth-order valence-electron chi connectivity index (χ4n) is 2.18. The highest BCUT2D eigenvalue weighted by atomic mass is 19.1. The first-order chi connectivity index (χ1) is 8.52. The van der Waals surface area contributed by atoms with E-state index in [1.165, 1.54) is 12.1 Å². The molecule has 0 aliphatic rings. The number of carbonyl (C=O) groups is 1. The van der Waals surface area contributed by atoms with Crippen LogP contribution >= 0.6 is 0 Å². The topological polar surface area (TPSA) is 42.2 Å². The Morgan fingerprint density at radius 2 is 2.22 bits per heavy atom. The van der Waals surface area contributed by atoms with E-state index in [0.29, 0.717) is 6.42 Å². The number of rotatable bonds is 4. The number of fused-ring (bicyclic) bond motifs is 1. The molecular weight excluding hydrogens is 233 g/mol. The summed E-state index contributed by atoms with van der Waals surface area (Å²) in [5.41, 5.74) is 1.84. The summed E-state index contributed by atoms with van der Waals surface area (Å²) >= 11 is 0. The predicted octanol–water partition coefficient (Wildman–Crippen LogP) is 3.06. The van der Waals surface area contributed by atoms with Gasteiger partial charge in [0, 0.05) is 23.6 Å². The second-order valence-electron chi connectivity index (χ2n) is 4.55. The molecule has 0 aliphatic carbocycles. The summed E-state index contributed by atoms with van der Waals surface area (Å²) in [5, 5.41) is 9.76. The molecule has 0 bridgehead atoms. The summed E-state index contributed by atoms with van der Waals surface area (Å²) in [4.78, 5) is 10.9. The smallest absolute Gasteiger partial charge is 0.306 e. The van der Waals surface area contributed by atoms with Crippen LogP contribution in [-0.2, 0) is 17.8 Å². The van der Waals surface area contributed by atoms with Crippen molar-refractivity contribution < 1.29 is 14.3 Å². The van der Waals surface area contributed by atoms with Gasteiger partial charge in [-0.2, -0.15) is 0 Å². The predicted molar refractivity (Wildman–Crippen MR) is 68.1 cm³/mol. The minimum Gasteiger partial charge on any atom is -0.481 e. The monoisotopic (exact) mass is 249 g/mol. The molecule has 1 N–H and O–H groups in total. The standard InChI is InChI=1S/C14H16FNO2/c1-3-16-8-10(6-9(2)14(17)18)12-7-11(15)4-5-13(12)16/h4-5,7-9H,3,6H2,1-2H3,(H,17,18). The molecule has 96 valence electrons. The first-order valence-corrected chi connectivity index (χ1v) is 6.03. The molecule has 3 nitrogen and oxygen atoms in total. The SMILES string of the molecule is CCn1cc(CC(C)C(=O)O)c2cc(F)ccc21. The van der Waals surface area contributed by atoms with E-state index in [1.807, 2.05) is 17.7 Å². The molecule has 0 spiro atoms. The van der Waals surface area contributed by atoms with Gasteiger partial charge in [-0.25, -0.2) is 4.39 Å². The number of aryl methyl sites for hydroxylation is 1. The second-order valence-corrected chi connectivity index (χ2v) is 4.55. The van der Waals surface area contributed by atoms with E-state index in [0.717, 1.165) is 23.0 Å². The molecule has 18 heavy (non-hydrogen) atoms. The first-order valence-electron chi connectivity index (χ1n) is 6.03. The van der Waals surface area contributed by atoms with Crippen molar-refractivity contribution in [1.29, 1.82) is 0 Å². The van der Waals surface area contributed by atoms with E-state index in [4.69, 9.17) is 5.11 Å². The van der Waals surface area contributed by atoms with Gasteiger partial charge in [-0.1, -0.05) is 6.92 Å². The highest BCUT2D eigenvalue weighted by Gasteiger charge is 2.16. The Balaban J connectivity index is 2.49. The van der Waals surface area contributed by atoms with Crippen molar-refractivity contribution in [3.63, 3.8) is 0 Å². The molecule has 0 radical (unpaired) electrons. The summed E-state index contributed by atoms with van der Waals surface area (Å²) in [5.74, 6) is -1.59. The Kier molecular flexibility index (Phi) is 3.36. The summed E-state index contributed by atoms with van der Waals surface area (Å²) in [6.45, 7) is 4.45. The van der Waals surface area contributed by atoms with Crippen molar-refractivity contribution in [2.24, 2.45) is 5.92 Å². The van der Waals surface area contributed by atoms with Gasteiger partial charge in [0.1, 0.15) is 5.82 Å². The molecule has 1 aromatic carbocycles. The molecule has 0 saturated carbocycles. The highest BCUT2D eigenvalue weighted by molar-refractivity contribution is 5.84. The average Bonchev–Trinajstić information content (AvgIpc) is 2.66. The molecule has 0 aliphatic heterocycles. The van der Waals surface area contributed by atoms with Crippen LogP contribution in [0.5, 0.6) is 0 Å². The lowest BCUT2D eigenvalue weighted by atomic mass is 10.0. The Morgan fingerprint density at radius 1 is 1.50 bits per heavy atom. The Morgan fingerprint density at radius 3 is 2.83 bits per heavy atom. The van der Waals surface area contributed by atoms with Crippen molar-refractivity contribution in [3.05, 3.63) is 35.8 Å². The van der Waals surface area contributed by atoms with Gasteiger partial charge in [0.05, 0.1) is 5.92 Å². The Hall–Kier alpha value is -1.84. The minimum atomic E-state index is -0.830. The number of aliphatic carboxylic acids is 1. The molecule has 0 amide bonds. The van der Waals surface area contributed by atoms with Crippen molar-refractivity contribution in [2.75, 3.05) is 0 Å². The summed E-state index contributed by atoms with van der Waals surface area (Å²) in [6, 6.07) is 4.65. The third-order valence-electron chi connectivity index (χ3n) is 3.21. The van der Waals surface area contributed by atoms with Crippen LogP contribution in [0.2, 0.25) is 0 Å². The molecule has 1 heterocycles. The number of aromatic nitrogens is 1. The van der Waals surface area contributed by atoms with Crippen LogP contribution < -0.4 is 0 Å². The van der Waals surface area contributed by atoms with Crippen LogP contribution in [0.4, 0.5) is 4.39 Å². The molecule has 0 saturated heterocycles. The van der Waals surface area contributed by atoms with Gasteiger partial charge >= 0.3 is 5.97 Å². The van der Waals surface area contributed by atoms with Gasteiger partial charge in [-0.15, -0.1) is 0 Å².